The SMILES string of the molecule is Cc1cc(C)c(-c2ccc3ccc(CC(C)(C)O)nc3n2)c(O[Si](C(C)C)(C(C)C)C(C)C)c1. The number of hydrogen-bond donors (Lipinski definition) is 1. The standard InChI is InChI=1S/C29H42N2O2Si/c1-18(2)34(19(3)4,20(5)6)33-26-16-21(7)15-22(8)27(26)25-14-12-23-11-13-24(17-29(9,10)32)30-28(23)31-25/h11-16,18-20,32H,17H2,1-10H3. The molecule has 34 heavy (non-hydrogen) atoms. The van der Waals surface area contributed by atoms with Crippen molar-refractivity contribution in [3.05, 3.63) is 53.2 Å². The fourth-order valence-corrected chi connectivity index (χ4v) is 10.8. The van der Waals surface area contributed by atoms with E-state index in [1.54, 1.807) is 13.8 Å². The number of aryl methyl sites for hydroxylation is 2. The molecule has 3 rings (SSSR count). The average Bonchev–Trinajstić information content (AvgIpc) is 2.69. The van der Waals surface area contributed by atoms with Crippen LogP contribution < -0.4 is 4.43 Å². The average molecular weight is 479 g/mol. The van der Waals surface area contributed by atoms with E-state index in [9.17, 15) is 5.11 Å². The number of fused-ring (bicyclic) bond motifs is 1. The number of pyridine rings is 2. The molecule has 0 atom stereocenters. The van der Waals surface area contributed by atoms with E-state index in [0.717, 1.165) is 33.7 Å². The lowest BCUT2D eigenvalue weighted by atomic mass is 10.0. The van der Waals surface area contributed by atoms with Crippen LogP contribution in [0.15, 0.2) is 36.4 Å². The van der Waals surface area contributed by atoms with Crippen molar-refractivity contribution in [2.75, 3.05) is 0 Å². The van der Waals surface area contributed by atoms with Crippen molar-refractivity contribution in [3.8, 4) is 17.0 Å². The van der Waals surface area contributed by atoms with Gasteiger partial charge in [0.05, 0.1) is 11.3 Å². The first kappa shape index (κ1) is 26.4. The summed E-state index contributed by atoms with van der Waals surface area (Å²) < 4.78 is 7.18. The molecule has 0 aliphatic carbocycles. The molecule has 0 saturated heterocycles. The molecule has 2 heterocycles. The molecule has 0 aliphatic heterocycles. The van der Waals surface area contributed by atoms with Crippen LogP contribution >= 0.6 is 0 Å². The Hall–Kier alpha value is -2.24. The summed E-state index contributed by atoms with van der Waals surface area (Å²) in [6.07, 6.45) is 0.484. The van der Waals surface area contributed by atoms with Gasteiger partial charge in [-0.1, -0.05) is 47.6 Å². The molecule has 0 radical (unpaired) electrons. The van der Waals surface area contributed by atoms with E-state index in [-0.39, 0.29) is 0 Å². The monoisotopic (exact) mass is 478 g/mol. The minimum Gasteiger partial charge on any atom is -0.542 e. The molecule has 184 valence electrons. The third-order valence-corrected chi connectivity index (χ3v) is 12.9. The molecule has 1 aromatic carbocycles. The second-order valence-electron chi connectivity index (χ2n) is 11.4. The van der Waals surface area contributed by atoms with Crippen LogP contribution in [0.2, 0.25) is 16.6 Å². The van der Waals surface area contributed by atoms with Crippen LogP contribution in [-0.2, 0) is 6.42 Å². The number of benzene rings is 1. The van der Waals surface area contributed by atoms with Crippen LogP contribution in [0.5, 0.6) is 5.75 Å². The van der Waals surface area contributed by atoms with Crippen molar-refractivity contribution in [2.24, 2.45) is 0 Å². The molecule has 2 aromatic heterocycles. The molecule has 4 nitrogen and oxygen atoms in total. The minimum atomic E-state index is -2.14. The van der Waals surface area contributed by atoms with Gasteiger partial charge < -0.3 is 9.53 Å². The second-order valence-corrected chi connectivity index (χ2v) is 16.8. The van der Waals surface area contributed by atoms with E-state index in [0.29, 0.717) is 28.7 Å². The maximum Gasteiger partial charge on any atom is 0.258 e. The maximum absolute atomic E-state index is 10.2. The summed E-state index contributed by atoms with van der Waals surface area (Å²) in [6.45, 7) is 21.8. The fraction of sp³-hybridized carbons (Fsp3) is 0.517. The van der Waals surface area contributed by atoms with Gasteiger partial charge >= 0.3 is 0 Å². The minimum absolute atomic E-state index is 0.483. The largest absolute Gasteiger partial charge is 0.542 e. The van der Waals surface area contributed by atoms with E-state index in [1.165, 1.54) is 5.56 Å². The lowest BCUT2D eigenvalue weighted by Gasteiger charge is -2.42. The summed E-state index contributed by atoms with van der Waals surface area (Å²) in [5, 5.41) is 11.2. The number of aliphatic hydroxyl groups is 1. The summed E-state index contributed by atoms with van der Waals surface area (Å²) in [7, 11) is -2.14. The van der Waals surface area contributed by atoms with Crippen molar-refractivity contribution in [3.63, 3.8) is 0 Å². The fourth-order valence-electron chi connectivity index (χ4n) is 5.60. The molecule has 1 N–H and O–H groups in total. The molecule has 3 aromatic rings. The molecule has 0 unspecified atom stereocenters. The Morgan fingerprint density at radius 2 is 1.47 bits per heavy atom. The van der Waals surface area contributed by atoms with Gasteiger partial charge in [-0.3, -0.25) is 0 Å². The topological polar surface area (TPSA) is 55.2 Å². The summed E-state index contributed by atoms with van der Waals surface area (Å²) >= 11 is 0. The van der Waals surface area contributed by atoms with Crippen LogP contribution in [0.3, 0.4) is 0 Å². The van der Waals surface area contributed by atoms with E-state index in [2.05, 4.69) is 79.7 Å². The molecule has 0 fully saturated rings. The summed E-state index contributed by atoms with van der Waals surface area (Å²) in [5.74, 6) is 0.944. The zero-order valence-corrected chi connectivity index (χ0v) is 23.7. The van der Waals surface area contributed by atoms with Crippen LogP contribution in [0.1, 0.15) is 72.2 Å². The maximum atomic E-state index is 10.2. The second kappa shape index (κ2) is 9.78. The molecule has 0 spiro atoms. The Balaban J connectivity index is 2.18. The normalized spacial score (nSPS) is 12.9. The van der Waals surface area contributed by atoms with Crippen LogP contribution in [0.4, 0.5) is 0 Å². The van der Waals surface area contributed by atoms with Gasteiger partial charge in [0.1, 0.15) is 5.75 Å². The van der Waals surface area contributed by atoms with Crippen molar-refractivity contribution in [1.29, 1.82) is 0 Å². The first-order valence-electron chi connectivity index (χ1n) is 12.5. The summed E-state index contributed by atoms with van der Waals surface area (Å²) in [6, 6.07) is 12.6. The molecule has 0 amide bonds. The molecular weight excluding hydrogens is 436 g/mol. The Bertz CT molecular complexity index is 1140. The number of rotatable bonds is 8. The van der Waals surface area contributed by atoms with Gasteiger partial charge in [-0.15, -0.1) is 0 Å². The van der Waals surface area contributed by atoms with Gasteiger partial charge in [0.2, 0.25) is 0 Å². The number of aromatic nitrogens is 2. The summed E-state index contributed by atoms with van der Waals surface area (Å²) in [5.41, 5.74) is 6.47. The highest BCUT2D eigenvalue weighted by Crippen LogP contribution is 2.45. The molecule has 0 saturated carbocycles. The first-order valence-corrected chi connectivity index (χ1v) is 14.7. The zero-order chi connectivity index (χ0) is 25.4. The van der Waals surface area contributed by atoms with Gasteiger partial charge in [-0.2, -0.15) is 0 Å². The van der Waals surface area contributed by atoms with E-state index in [4.69, 9.17) is 14.4 Å². The van der Waals surface area contributed by atoms with Gasteiger partial charge in [0, 0.05) is 23.1 Å². The van der Waals surface area contributed by atoms with Crippen molar-refractivity contribution >= 4 is 19.4 Å². The molecular formula is C29H42N2O2Si. The predicted molar refractivity (Wildman–Crippen MR) is 146 cm³/mol. The lowest BCUT2D eigenvalue weighted by molar-refractivity contribution is 0.0800. The molecule has 0 bridgehead atoms. The third-order valence-electron chi connectivity index (χ3n) is 6.92. The van der Waals surface area contributed by atoms with Crippen molar-refractivity contribution < 1.29 is 9.53 Å². The van der Waals surface area contributed by atoms with Crippen LogP contribution in [-0.4, -0.2) is 29.0 Å². The van der Waals surface area contributed by atoms with E-state index >= 15 is 0 Å². The van der Waals surface area contributed by atoms with Crippen molar-refractivity contribution in [1.82, 2.24) is 9.97 Å². The van der Waals surface area contributed by atoms with Gasteiger partial charge in [0.15, 0.2) is 5.65 Å². The van der Waals surface area contributed by atoms with Crippen molar-refractivity contribution in [2.45, 2.75) is 97.9 Å². The first-order chi connectivity index (χ1) is 15.7. The molecule has 5 heteroatoms. The van der Waals surface area contributed by atoms with Crippen LogP contribution in [0.25, 0.3) is 22.3 Å². The molecule has 0 aliphatic rings. The van der Waals surface area contributed by atoms with E-state index in [1.807, 2.05) is 12.1 Å². The highest BCUT2D eigenvalue weighted by molar-refractivity contribution is 6.78. The summed E-state index contributed by atoms with van der Waals surface area (Å²) in [4.78, 5) is 9.77. The van der Waals surface area contributed by atoms with Gasteiger partial charge in [0.25, 0.3) is 8.32 Å². The Morgan fingerprint density at radius 1 is 0.882 bits per heavy atom. The van der Waals surface area contributed by atoms with Gasteiger partial charge in [-0.05, 0) is 85.8 Å². The third kappa shape index (κ3) is 5.36. The predicted octanol–water partition coefficient (Wildman–Crippen LogP) is 7.78. The van der Waals surface area contributed by atoms with Crippen LogP contribution in [0, 0.1) is 13.8 Å². The smallest absolute Gasteiger partial charge is 0.258 e. The Labute approximate surface area is 206 Å². The highest BCUT2D eigenvalue weighted by Gasteiger charge is 2.47. The van der Waals surface area contributed by atoms with Gasteiger partial charge in [-0.25, -0.2) is 9.97 Å². The highest BCUT2D eigenvalue weighted by atomic mass is 28.4. The Kier molecular flexibility index (Phi) is 7.59. The quantitative estimate of drug-likeness (QED) is 0.336. The Morgan fingerprint density at radius 3 is 2.03 bits per heavy atom. The van der Waals surface area contributed by atoms with E-state index < -0.39 is 13.9 Å². The number of hydrogen-bond acceptors (Lipinski definition) is 4. The zero-order valence-electron chi connectivity index (χ0n) is 22.7. The number of nitrogens with zero attached hydrogens (tertiary/aromatic N) is 2. The lowest BCUT2D eigenvalue weighted by Crippen LogP contribution is -2.50.